The van der Waals surface area contributed by atoms with E-state index in [-0.39, 0.29) is 29.6 Å². The van der Waals surface area contributed by atoms with E-state index >= 15 is 0 Å². The van der Waals surface area contributed by atoms with Gasteiger partial charge in [-0.2, -0.15) is 0 Å². The topological polar surface area (TPSA) is 67.4 Å². The summed E-state index contributed by atoms with van der Waals surface area (Å²) in [4.78, 5) is 23.7. The van der Waals surface area contributed by atoms with E-state index in [1.807, 2.05) is 18.2 Å². The molecule has 6 nitrogen and oxygen atoms in total. The van der Waals surface area contributed by atoms with Crippen molar-refractivity contribution in [3.63, 3.8) is 0 Å². The van der Waals surface area contributed by atoms with E-state index < -0.39 is 0 Å². The first kappa shape index (κ1) is 25.5. The summed E-state index contributed by atoms with van der Waals surface area (Å²) < 4.78 is 32.8. The predicted molar refractivity (Wildman–Crippen MR) is 141 cm³/mol. The maximum atomic E-state index is 13.5. The number of nitrogens with one attached hydrogen (secondary N) is 1. The standard InChI is InChI=1S/C30H28F2N4O2/c31-24-9-11-27(12-10-24)38-20-28(21-5-2-1-3-6-21)36-15-13-26(14-16-36)35-30(37)23-18-33-29(34-19-23)22-7-4-8-25(32)17-22/h1-12,17-19,26,28H,13-16,20H2,(H,35,37). The van der Waals surface area contributed by atoms with Crippen LogP contribution in [0.5, 0.6) is 5.75 Å². The Morgan fingerprint density at radius 1 is 0.921 bits per heavy atom. The number of benzene rings is 3. The first-order valence-corrected chi connectivity index (χ1v) is 12.6. The quantitative estimate of drug-likeness (QED) is 0.339. The molecule has 3 aromatic carbocycles. The third-order valence-corrected chi connectivity index (χ3v) is 6.71. The van der Waals surface area contributed by atoms with E-state index in [1.165, 1.54) is 36.7 Å². The highest BCUT2D eigenvalue weighted by Gasteiger charge is 2.28. The van der Waals surface area contributed by atoms with Crippen molar-refractivity contribution in [2.75, 3.05) is 19.7 Å². The van der Waals surface area contributed by atoms with Gasteiger partial charge in [0.1, 0.15) is 24.0 Å². The highest BCUT2D eigenvalue weighted by atomic mass is 19.1. The number of rotatable bonds is 8. The lowest BCUT2D eigenvalue weighted by molar-refractivity contribution is 0.0837. The van der Waals surface area contributed by atoms with Gasteiger partial charge >= 0.3 is 0 Å². The lowest BCUT2D eigenvalue weighted by Crippen LogP contribution is -2.46. The second kappa shape index (κ2) is 11.9. The molecule has 1 unspecified atom stereocenters. The van der Waals surface area contributed by atoms with Crippen molar-refractivity contribution in [3.05, 3.63) is 114 Å². The van der Waals surface area contributed by atoms with Gasteiger partial charge in [0.05, 0.1) is 11.6 Å². The molecule has 0 radical (unpaired) electrons. The Morgan fingerprint density at radius 2 is 1.63 bits per heavy atom. The highest BCUT2D eigenvalue weighted by Crippen LogP contribution is 2.26. The zero-order chi connectivity index (χ0) is 26.3. The van der Waals surface area contributed by atoms with Gasteiger partial charge in [-0.1, -0.05) is 42.5 Å². The number of ether oxygens (including phenoxy) is 1. The van der Waals surface area contributed by atoms with E-state index in [4.69, 9.17) is 4.74 Å². The van der Waals surface area contributed by atoms with Crippen molar-refractivity contribution in [1.29, 1.82) is 0 Å². The van der Waals surface area contributed by atoms with Gasteiger partial charge in [0.2, 0.25) is 0 Å². The molecule has 1 amide bonds. The number of likely N-dealkylation sites (tertiary alicyclic amines) is 1. The summed E-state index contributed by atoms with van der Waals surface area (Å²) in [6.45, 7) is 2.00. The monoisotopic (exact) mass is 514 g/mol. The van der Waals surface area contributed by atoms with E-state index in [0.717, 1.165) is 31.5 Å². The average molecular weight is 515 g/mol. The van der Waals surface area contributed by atoms with Gasteiger partial charge in [0, 0.05) is 37.1 Å². The molecule has 1 aliphatic rings. The van der Waals surface area contributed by atoms with Crippen LogP contribution in [0, 0.1) is 11.6 Å². The van der Waals surface area contributed by atoms with E-state index in [2.05, 4.69) is 32.3 Å². The Labute approximate surface area is 220 Å². The normalized spacial score (nSPS) is 15.1. The van der Waals surface area contributed by atoms with E-state index in [9.17, 15) is 13.6 Å². The number of halogens is 2. The zero-order valence-electron chi connectivity index (χ0n) is 20.8. The second-order valence-corrected chi connectivity index (χ2v) is 9.28. The fourth-order valence-corrected chi connectivity index (χ4v) is 4.64. The molecule has 1 fully saturated rings. The van der Waals surface area contributed by atoms with Gasteiger partial charge < -0.3 is 10.1 Å². The summed E-state index contributed by atoms with van der Waals surface area (Å²) >= 11 is 0. The first-order chi connectivity index (χ1) is 18.5. The second-order valence-electron chi connectivity index (χ2n) is 9.28. The first-order valence-electron chi connectivity index (χ1n) is 12.6. The molecule has 1 saturated heterocycles. The Balaban J connectivity index is 1.18. The van der Waals surface area contributed by atoms with E-state index in [1.54, 1.807) is 24.3 Å². The lowest BCUT2D eigenvalue weighted by Gasteiger charge is -2.38. The molecule has 1 aromatic heterocycles. The van der Waals surface area contributed by atoms with Crippen LogP contribution < -0.4 is 10.1 Å². The van der Waals surface area contributed by atoms with Gasteiger partial charge in [0.25, 0.3) is 5.91 Å². The number of piperidine rings is 1. The zero-order valence-corrected chi connectivity index (χ0v) is 20.8. The summed E-state index contributed by atoms with van der Waals surface area (Å²) in [6, 6.07) is 22.3. The van der Waals surface area contributed by atoms with Crippen molar-refractivity contribution in [1.82, 2.24) is 20.2 Å². The molecule has 5 rings (SSSR count). The molecule has 0 bridgehead atoms. The third kappa shape index (κ3) is 6.39. The molecule has 0 saturated carbocycles. The Bertz CT molecular complexity index is 1340. The maximum absolute atomic E-state index is 13.5. The number of hydrogen-bond donors (Lipinski definition) is 1. The molecule has 2 heterocycles. The van der Waals surface area contributed by atoms with Crippen LogP contribution in [-0.4, -0.2) is 46.5 Å². The van der Waals surface area contributed by atoms with Gasteiger partial charge in [-0.15, -0.1) is 0 Å². The smallest absolute Gasteiger partial charge is 0.254 e. The maximum Gasteiger partial charge on any atom is 0.254 e. The number of carbonyl (C=O) groups is 1. The van der Waals surface area contributed by atoms with Crippen molar-refractivity contribution >= 4 is 5.91 Å². The molecule has 0 aliphatic carbocycles. The molecule has 38 heavy (non-hydrogen) atoms. The van der Waals surface area contributed by atoms with Crippen LogP contribution in [0.2, 0.25) is 0 Å². The summed E-state index contributed by atoms with van der Waals surface area (Å²) in [6.07, 6.45) is 4.51. The minimum atomic E-state index is -0.365. The largest absolute Gasteiger partial charge is 0.492 e. The van der Waals surface area contributed by atoms with Gasteiger partial charge in [-0.25, -0.2) is 18.7 Å². The number of hydrogen-bond acceptors (Lipinski definition) is 5. The van der Waals surface area contributed by atoms with Crippen molar-refractivity contribution in [2.24, 2.45) is 0 Å². The number of aromatic nitrogens is 2. The molecule has 4 aromatic rings. The minimum absolute atomic E-state index is 0.0242. The molecular weight excluding hydrogens is 486 g/mol. The molecule has 1 atom stereocenters. The van der Waals surface area contributed by atoms with Crippen LogP contribution in [-0.2, 0) is 0 Å². The molecule has 0 spiro atoms. The highest BCUT2D eigenvalue weighted by molar-refractivity contribution is 5.93. The van der Waals surface area contributed by atoms with Gasteiger partial charge in [-0.05, 0) is 54.8 Å². The third-order valence-electron chi connectivity index (χ3n) is 6.71. The van der Waals surface area contributed by atoms with Crippen LogP contribution in [0.25, 0.3) is 11.4 Å². The van der Waals surface area contributed by atoms with Crippen LogP contribution in [0.3, 0.4) is 0 Å². The molecule has 8 heteroatoms. The van der Waals surface area contributed by atoms with Gasteiger partial charge in [0.15, 0.2) is 5.82 Å². The average Bonchev–Trinajstić information content (AvgIpc) is 2.95. The fourth-order valence-electron chi connectivity index (χ4n) is 4.64. The van der Waals surface area contributed by atoms with Crippen LogP contribution in [0.4, 0.5) is 8.78 Å². The molecule has 1 N–H and O–H groups in total. The minimum Gasteiger partial charge on any atom is -0.492 e. The fraction of sp³-hybridized carbons (Fsp3) is 0.233. The summed E-state index contributed by atoms with van der Waals surface area (Å²) in [5.41, 5.74) is 2.07. The molecule has 194 valence electrons. The van der Waals surface area contributed by atoms with E-state index in [0.29, 0.717) is 29.3 Å². The summed E-state index contributed by atoms with van der Waals surface area (Å²) in [7, 11) is 0. The van der Waals surface area contributed by atoms with Crippen LogP contribution >= 0.6 is 0 Å². The lowest BCUT2D eigenvalue weighted by atomic mass is 9.99. The van der Waals surface area contributed by atoms with Crippen LogP contribution in [0.15, 0.2) is 91.3 Å². The number of carbonyl (C=O) groups excluding carboxylic acids is 1. The van der Waals surface area contributed by atoms with Gasteiger partial charge in [-0.3, -0.25) is 9.69 Å². The summed E-state index contributed by atoms with van der Waals surface area (Å²) in [5, 5.41) is 3.09. The number of amides is 1. The van der Waals surface area contributed by atoms with Crippen LogP contribution in [0.1, 0.15) is 34.8 Å². The Morgan fingerprint density at radius 3 is 2.32 bits per heavy atom. The van der Waals surface area contributed by atoms with Crippen molar-refractivity contribution in [3.8, 4) is 17.1 Å². The Kier molecular flexibility index (Phi) is 7.99. The van der Waals surface area contributed by atoms with Crippen molar-refractivity contribution < 1.29 is 18.3 Å². The molecular formula is C30H28F2N4O2. The molecule has 1 aliphatic heterocycles. The predicted octanol–water partition coefficient (Wildman–Crippen LogP) is 5.44. The SMILES string of the molecule is O=C(NC1CCN(C(COc2ccc(F)cc2)c2ccccc2)CC1)c1cnc(-c2cccc(F)c2)nc1. The Hall–Kier alpha value is -4.17. The summed E-state index contributed by atoms with van der Waals surface area (Å²) in [5.74, 6) is 0.101. The van der Waals surface area contributed by atoms with Crippen molar-refractivity contribution in [2.45, 2.75) is 24.9 Å². The number of nitrogens with zero attached hydrogens (tertiary/aromatic N) is 3.